The van der Waals surface area contributed by atoms with Gasteiger partial charge in [0.25, 0.3) is 5.91 Å². The SMILES string of the molecule is Cc1ccc(C)c2c1sc(=NC(=O)c1cc3ccccc3oc1=O)n2C. The Morgan fingerprint density at radius 3 is 2.62 bits per heavy atom. The van der Waals surface area contributed by atoms with Crippen LogP contribution in [0.4, 0.5) is 0 Å². The lowest BCUT2D eigenvalue weighted by molar-refractivity contribution is 0.0994. The van der Waals surface area contributed by atoms with Crippen LogP contribution in [0, 0.1) is 13.8 Å². The molecule has 0 N–H and O–H groups in total. The van der Waals surface area contributed by atoms with Gasteiger partial charge in [0, 0.05) is 12.4 Å². The van der Waals surface area contributed by atoms with E-state index in [-0.39, 0.29) is 5.56 Å². The number of carbonyl (C=O) groups is 1. The fourth-order valence-corrected chi connectivity index (χ4v) is 4.19. The maximum Gasteiger partial charge on any atom is 0.349 e. The van der Waals surface area contributed by atoms with Crippen LogP contribution < -0.4 is 10.4 Å². The average molecular weight is 364 g/mol. The lowest BCUT2D eigenvalue weighted by atomic mass is 10.1. The number of hydrogen-bond acceptors (Lipinski definition) is 4. The second-order valence-electron chi connectivity index (χ2n) is 6.22. The highest BCUT2D eigenvalue weighted by molar-refractivity contribution is 7.16. The molecule has 2 aromatic carbocycles. The van der Waals surface area contributed by atoms with Gasteiger partial charge in [-0.15, -0.1) is 0 Å². The Bertz CT molecular complexity index is 1310. The number of aromatic nitrogens is 1. The Balaban J connectivity index is 1.91. The zero-order valence-corrected chi connectivity index (χ0v) is 15.4. The van der Waals surface area contributed by atoms with Crippen molar-refractivity contribution in [2.75, 3.05) is 0 Å². The fraction of sp³-hybridized carbons (Fsp3) is 0.150. The van der Waals surface area contributed by atoms with Crippen LogP contribution in [0.2, 0.25) is 0 Å². The molecule has 0 aliphatic rings. The van der Waals surface area contributed by atoms with Gasteiger partial charge in [0.15, 0.2) is 4.80 Å². The number of benzene rings is 2. The third-order valence-electron chi connectivity index (χ3n) is 4.41. The van der Waals surface area contributed by atoms with E-state index in [4.69, 9.17) is 4.42 Å². The van der Waals surface area contributed by atoms with Crippen LogP contribution in [0.3, 0.4) is 0 Å². The van der Waals surface area contributed by atoms with Crippen molar-refractivity contribution in [1.29, 1.82) is 0 Å². The summed E-state index contributed by atoms with van der Waals surface area (Å²) in [6, 6.07) is 12.7. The van der Waals surface area contributed by atoms with E-state index in [1.54, 1.807) is 18.2 Å². The Hall–Kier alpha value is -2.99. The molecule has 130 valence electrons. The maximum atomic E-state index is 12.6. The van der Waals surface area contributed by atoms with Crippen LogP contribution in [0.1, 0.15) is 21.5 Å². The van der Waals surface area contributed by atoms with Crippen LogP contribution in [-0.2, 0) is 7.05 Å². The van der Waals surface area contributed by atoms with E-state index in [1.807, 2.05) is 37.6 Å². The molecule has 26 heavy (non-hydrogen) atoms. The standard InChI is InChI=1S/C20H16N2O3S/c1-11-8-9-12(2)17-16(11)22(3)20(26-17)21-18(23)14-10-13-6-4-5-7-15(13)25-19(14)24/h4-10H,1-3H3. The largest absolute Gasteiger partial charge is 0.422 e. The lowest BCUT2D eigenvalue weighted by Gasteiger charge is -2.01. The summed E-state index contributed by atoms with van der Waals surface area (Å²) in [6.45, 7) is 4.06. The zero-order chi connectivity index (χ0) is 18.4. The topological polar surface area (TPSA) is 64.6 Å². The second-order valence-corrected chi connectivity index (χ2v) is 7.20. The van der Waals surface area contributed by atoms with Crippen LogP contribution in [0.5, 0.6) is 0 Å². The summed E-state index contributed by atoms with van der Waals surface area (Å²) in [5.41, 5.74) is 3.01. The van der Waals surface area contributed by atoms with Crippen molar-refractivity contribution in [3.63, 3.8) is 0 Å². The molecule has 0 saturated heterocycles. The molecule has 0 aliphatic carbocycles. The Labute approximate surface area is 152 Å². The Kier molecular flexibility index (Phi) is 3.85. The molecule has 0 fully saturated rings. The number of thiazole rings is 1. The van der Waals surface area contributed by atoms with Gasteiger partial charge < -0.3 is 8.98 Å². The number of carbonyl (C=O) groups excluding carboxylic acids is 1. The van der Waals surface area contributed by atoms with Gasteiger partial charge in [0.1, 0.15) is 11.1 Å². The number of amides is 1. The third kappa shape index (κ3) is 2.59. The van der Waals surface area contributed by atoms with E-state index in [1.165, 1.54) is 17.4 Å². The molecule has 0 atom stereocenters. The molecule has 6 heteroatoms. The van der Waals surface area contributed by atoms with Crippen LogP contribution in [-0.4, -0.2) is 10.5 Å². The highest BCUT2D eigenvalue weighted by atomic mass is 32.1. The van der Waals surface area contributed by atoms with Crippen LogP contribution >= 0.6 is 11.3 Å². The van der Waals surface area contributed by atoms with Crippen molar-refractivity contribution in [1.82, 2.24) is 4.57 Å². The molecular formula is C20H16N2O3S. The van der Waals surface area contributed by atoms with E-state index in [2.05, 4.69) is 11.1 Å². The number of hydrogen-bond donors (Lipinski definition) is 0. The molecule has 5 nitrogen and oxygen atoms in total. The molecule has 1 amide bonds. The van der Waals surface area contributed by atoms with Crippen molar-refractivity contribution >= 4 is 38.4 Å². The number of rotatable bonds is 1. The van der Waals surface area contributed by atoms with Crippen LogP contribution in [0.15, 0.2) is 56.7 Å². The average Bonchev–Trinajstić information content (AvgIpc) is 2.95. The first-order valence-corrected chi connectivity index (χ1v) is 8.95. The Morgan fingerprint density at radius 2 is 1.85 bits per heavy atom. The highest BCUT2D eigenvalue weighted by Crippen LogP contribution is 2.24. The summed E-state index contributed by atoms with van der Waals surface area (Å²) < 4.78 is 8.22. The molecular weight excluding hydrogens is 348 g/mol. The predicted octanol–water partition coefficient (Wildman–Crippen LogP) is 3.70. The van der Waals surface area contributed by atoms with Crippen molar-refractivity contribution < 1.29 is 9.21 Å². The molecule has 4 rings (SSSR count). The lowest BCUT2D eigenvalue weighted by Crippen LogP contribution is -2.18. The summed E-state index contributed by atoms with van der Waals surface area (Å²) >= 11 is 1.44. The molecule has 0 unspecified atom stereocenters. The summed E-state index contributed by atoms with van der Waals surface area (Å²) in [5.74, 6) is -0.595. The van der Waals surface area contributed by atoms with Crippen LogP contribution in [0.25, 0.3) is 21.2 Å². The predicted molar refractivity (Wildman–Crippen MR) is 103 cm³/mol. The molecule has 0 spiro atoms. The second kappa shape index (κ2) is 6.07. The normalized spacial score (nSPS) is 12.2. The quantitative estimate of drug-likeness (QED) is 0.484. The molecule has 0 radical (unpaired) electrons. The van der Waals surface area contributed by atoms with Crippen molar-refractivity contribution in [3.8, 4) is 0 Å². The first kappa shape index (κ1) is 16.5. The van der Waals surface area contributed by atoms with E-state index in [0.717, 1.165) is 21.3 Å². The number of para-hydroxylation sites is 1. The van der Waals surface area contributed by atoms with Crippen molar-refractivity contribution in [2.24, 2.45) is 12.0 Å². The van der Waals surface area contributed by atoms with E-state index in [9.17, 15) is 9.59 Å². The zero-order valence-electron chi connectivity index (χ0n) is 14.6. The minimum absolute atomic E-state index is 0.0606. The van der Waals surface area contributed by atoms with Gasteiger partial charge in [0.2, 0.25) is 0 Å². The molecule has 0 saturated carbocycles. The first-order chi connectivity index (χ1) is 12.5. The minimum Gasteiger partial charge on any atom is -0.422 e. The monoisotopic (exact) mass is 364 g/mol. The van der Waals surface area contributed by atoms with E-state index < -0.39 is 11.5 Å². The molecule has 0 aliphatic heterocycles. The third-order valence-corrected chi connectivity index (χ3v) is 5.68. The van der Waals surface area contributed by atoms with Gasteiger partial charge in [0.05, 0.1) is 10.2 Å². The highest BCUT2D eigenvalue weighted by Gasteiger charge is 2.15. The number of fused-ring (bicyclic) bond motifs is 2. The van der Waals surface area contributed by atoms with Gasteiger partial charge in [-0.05, 0) is 37.1 Å². The molecule has 2 heterocycles. The van der Waals surface area contributed by atoms with Crippen molar-refractivity contribution in [3.05, 3.63) is 74.4 Å². The molecule has 2 aromatic heterocycles. The summed E-state index contributed by atoms with van der Waals surface area (Å²) in [4.78, 5) is 29.6. The smallest absolute Gasteiger partial charge is 0.349 e. The molecule has 4 aromatic rings. The van der Waals surface area contributed by atoms with E-state index >= 15 is 0 Å². The molecule has 0 bridgehead atoms. The minimum atomic E-state index is -0.673. The van der Waals surface area contributed by atoms with Gasteiger partial charge in [-0.25, -0.2) is 4.79 Å². The van der Waals surface area contributed by atoms with Gasteiger partial charge >= 0.3 is 5.63 Å². The van der Waals surface area contributed by atoms with Gasteiger partial charge in [-0.1, -0.05) is 41.7 Å². The first-order valence-electron chi connectivity index (χ1n) is 8.13. The number of nitrogens with zero attached hydrogens (tertiary/aromatic N) is 2. The van der Waals surface area contributed by atoms with E-state index in [0.29, 0.717) is 15.8 Å². The maximum absolute atomic E-state index is 12.6. The van der Waals surface area contributed by atoms with Gasteiger partial charge in [-0.2, -0.15) is 4.99 Å². The fourth-order valence-electron chi connectivity index (χ4n) is 3.03. The number of aryl methyl sites for hydroxylation is 3. The Morgan fingerprint density at radius 1 is 1.12 bits per heavy atom. The summed E-state index contributed by atoms with van der Waals surface area (Å²) in [7, 11) is 1.88. The summed E-state index contributed by atoms with van der Waals surface area (Å²) in [6.07, 6.45) is 0. The van der Waals surface area contributed by atoms with Gasteiger partial charge in [-0.3, -0.25) is 4.79 Å². The summed E-state index contributed by atoms with van der Waals surface area (Å²) in [5, 5.41) is 0.693. The van der Waals surface area contributed by atoms with Crippen molar-refractivity contribution in [2.45, 2.75) is 13.8 Å².